The van der Waals surface area contributed by atoms with Crippen molar-refractivity contribution >= 4 is 17.6 Å². The van der Waals surface area contributed by atoms with Gasteiger partial charge in [0.25, 0.3) is 5.56 Å². The van der Waals surface area contributed by atoms with E-state index in [9.17, 15) is 4.79 Å². The molecule has 24 heavy (non-hydrogen) atoms. The molecule has 122 valence electrons. The van der Waals surface area contributed by atoms with Gasteiger partial charge < -0.3 is 24.7 Å². The molecule has 0 amide bonds. The number of aromatic amines is 1. The van der Waals surface area contributed by atoms with Crippen LogP contribution < -0.4 is 20.8 Å². The number of fused-ring (bicyclic) bond motifs is 1. The highest BCUT2D eigenvalue weighted by Crippen LogP contribution is 2.35. The number of nitrogens with one attached hydrogen (secondary N) is 1. The van der Waals surface area contributed by atoms with E-state index < -0.39 is 0 Å². The molecule has 0 atom stereocenters. The molecule has 2 aromatic heterocycles. The van der Waals surface area contributed by atoms with Crippen molar-refractivity contribution in [3.63, 3.8) is 0 Å². The minimum Gasteiger partial charge on any atom is -0.454 e. The monoisotopic (exact) mass is 345 g/mol. The number of rotatable bonds is 4. The van der Waals surface area contributed by atoms with Crippen LogP contribution >= 0.6 is 11.8 Å². The number of benzene rings is 1. The van der Waals surface area contributed by atoms with Crippen LogP contribution in [0, 0.1) is 0 Å². The SMILES string of the molecule is Nc1cc(=O)[nH]c(SCc2nc(-c3ccc4c(c3)OCO4)no2)n1. The van der Waals surface area contributed by atoms with Crippen LogP contribution in [0.25, 0.3) is 11.4 Å². The minimum atomic E-state index is -0.309. The lowest BCUT2D eigenvalue weighted by atomic mass is 10.2. The summed E-state index contributed by atoms with van der Waals surface area (Å²) < 4.78 is 15.8. The normalized spacial score (nSPS) is 12.5. The summed E-state index contributed by atoms with van der Waals surface area (Å²) in [6.07, 6.45) is 0. The van der Waals surface area contributed by atoms with E-state index in [1.165, 1.54) is 17.8 Å². The third kappa shape index (κ3) is 2.91. The Balaban J connectivity index is 1.49. The Hall–Kier alpha value is -3.01. The van der Waals surface area contributed by atoms with Crippen molar-refractivity contribution in [2.75, 3.05) is 12.5 Å². The summed E-state index contributed by atoms with van der Waals surface area (Å²) >= 11 is 1.24. The second-order valence-corrected chi connectivity index (χ2v) is 5.81. The Labute approximate surface area is 139 Å². The first-order valence-corrected chi connectivity index (χ1v) is 7.88. The number of anilines is 1. The second-order valence-electron chi connectivity index (χ2n) is 4.84. The first-order chi connectivity index (χ1) is 11.7. The largest absolute Gasteiger partial charge is 0.454 e. The standard InChI is InChI=1S/C14H11N5O4S/c15-10-4-11(20)17-14(16-10)24-5-12-18-13(19-23-12)7-1-2-8-9(3-7)22-6-21-8/h1-4H,5-6H2,(H3,15,16,17,20). The van der Waals surface area contributed by atoms with Gasteiger partial charge in [-0.3, -0.25) is 4.79 Å². The summed E-state index contributed by atoms with van der Waals surface area (Å²) in [5, 5.41) is 4.34. The van der Waals surface area contributed by atoms with E-state index in [1.807, 2.05) is 6.07 Å². The fourth-order valence-corrected chi connectivity index (χ4v) is 2.84. The van der Waals surface area contributed by atoms with Crippen molar-refractivity contribution in [1.82, 2.24) is 20.1 Å². The van der Waals surface area contributed by atoms with Crippen LogP contribution in [0.3, 0.4) is 0 Å². The Bertz CT molecular complexity index is 954. The maximum atomic E-state index is 11.3. The summed E-state index contributed by atoms with van der Waals surface area (Å²) in [7, 11) is 0. The van der Waals surface area contributed by atoms with E-state index in [2.05, 4.69) is 20.1 Å². The summed E-state index contributed by atoms with van der Waals surface area (Å²) in [6.45, 7) is 0.207. The lowest BCUT2D eigenvalue weighted by Crippen LogP contribution is -2.09. The number of ether oxygens (including phenoxy) is 2. The van der Waals surface area contributed by atoms with Gasteiger partial charge in [0, 0.05) is 11.6 Å². The Morgan fingerprint density at radius 3 is 2.96 bits per heavy atom. The maximum absolute atomic E-state index is 11.3. The van der Waals surface area contributed by atoms with E-state index in [-0.39, 0.29) is 18.2 Å². The van der Waals surface area contributed by atoms with Gasteiger partial charge in [-0.25, -0.2) is 4.98 Å². The first-order valence-electron chi connectivity index (χ1n) is 6.89. The van der Waals surface area contributed by atoms with Crippen molar-refractivity contribution in [2.24, 2.45) is 0 Å². The van der Waals surface area contributed by atoms with Crippen LogP contribution in [0.1, 0.15) is 5.89 Å². The average Bonchev–Trinajstić information content (AvgIpc) is 3.20. The lowest BCUT2D eigenvalue weighted by Gasteiger charge is -1.98. The molecule has 3 N–H and O–H groups in total. The molecule has 9 nitrogen and oxygen atoms in total. The fourth-order valence-electron chi connectivity index (χ4n) is 2.12. The fraction of sp³-hybridized carbons (Fsp3) is 0.143. The molecule has 0 fully saturated rings. The Morgan fingerprint density at radius 2 is 2.08 bits per heavy atom. The molecule has 10 heteroatoms. The molecular formula is C14H11N5O4S. The van der Waals surface area contributed by atoms with Crippen LogP contribution in [0.15, 0.2) is 38.7 Å². The van der Waals surface area contributed by atoms with Gasteiger partial charge in [-0.05, 0) is 18.2 Å². The van der Waals surface area contributed by atoms with Crippen LogP contribution in [-0.2, 0) is 5.75 Å². The molecule has 0 unspecified atom stereocenters. The Morgan fingerprint density at radius 1 is 1.21 bits per heavy atom. The van der Waals surface area contributed by atoms with Crippen LogP contribution in [-0.4, -0.2) is 26.9 Å². The zero-order valence-corrected chi connectivity index (χ0v) is 13.0. The van der Waals surface area contributed by atoms with Crippen LogP contribution in [0.5, 0.6) is 11.5 Å². The molecule has 1 aliphatic heterocycles. The summed E-state index contributed by atoms with van der Waals surface area (Å²) in [6, 6.07) is 6.63. The number of H-pyrrole nitrogens is 1. The van der Waals surface area contributed by atoms with Crippen LogP contribution in [0.2, 0.25) is 0 Å². The highest BCUT2D eigenvalue weighted by molar-refractivity contribution is 7.98. The number of aromatic nitrogens is 4. The van der Waals surface area contributed by atoms with Gasteiger partial charge in [0.1, 0.15) is 5.82 Å². The predicted octanol–water partition coefficient (Wildman–Crippen LogP) is 1.42. The molecule has 0 aliphatic carbocycles. The number of nitrogen functional groups attached to an aromatic ring is 1. The highest BCUT2D eigenvalue weighted by Gasteiger charge is 2.16. The number of nitrogens with zero attached hydrogens (tertiary/aromatic N) is 3. The van der Waals surface area contributed by atoms with Gasteiger partial charge in [0.15, 0.2) is 16.7 Å². The smallest absolute Gasteiger partial charge is 0.253 e. The third-order valence-electron chi connectivity index (χ3n) is 3.17. The van der Waals surface area contributed by atoms with Gasteiger partial charge in [-0.15, -0.1) is 0 Å². The van der Waals surface area contributed by atoms with Gasteiger partial charge >= 0.3 is 0 Å². The van der Waals surface area contributed by atoms with Gasteiger partial charge in [0.05, 0.1) is 5.75 Å². The van der Waals surface area contributed by atoms with E-state index in [4.69, 9.17) is 19.7 Å². The molecule has 0 bridgehead atoms. The zero-order chi connectivity index (χ0) is 16.5. The first kappa shape index (κ1) is 14.6. The van der Waals surface area contributed by atoms with Crippen molar-refractivity contribution in [2.45, 2.75) is 10.9 Å². The van der Waals surface area contributed by atoms with Crippen molar-refractivity contribution in [3.8, 4) is 22.9 Å². The third-order valence-corrected chi connectivity index (χ3v) is 4.03. The summed E-state index contributed by atoms with van der Waals surface area (Å²) in [5.41, 5.74) is 5.99. The Kier molecular flexibility index (Phi) is 3.58. The molecular weight excluding hydrogens is 334 g/mol. The molecule has 3 heterocycles. The van der Waals surface area contributed by atoms with E-state index in [0.717, 1.165) is 5.56 Å². The number of hydrogen-bond acceptors (Lipinski definition) is 9. The average molecular weight is 345 g/mol. The highest BCUT2D eigenvalue weighted by atomic mass is 32.2. The van der Waals surface area contributed by atoms with Gasteiger partial charge in [-0.1, -0.05) is 16.9 Å². The van der Waals surface area contributed by atoms with Gasteiger partial charge in [0.2, 0.25) is 18.5 Å². The quantitative estimate of drug-likeness (QED) is 0.532. The summed E-state index contributed by atoms with van der Waals surface area (Å²) in [4.78, 5) is 22.3. The van der Waals surface area contributed by atoms with E-state index >= 15 is 0 Å². The topological polar surface area (TPSA) is 129 Å². The van der Waals surface area contributed by atoms with E-state index in [0.29, 0.717) is 34.1 Å². The zero-order valence-electron chi connectivity index (χ0n) is 12.2. The molecule has 0 saturated carbocycles. The lowest BCUT2D eigenvalue weighted by molar-refractivity contribution is 0.174. The molecule has 0 radical (unpaired) electrons. The van der Waals surface area contributed by atoms with Crippen molar-refractivity contribution in [1.29, 1.82) is 0 Å². The van der Waals surface area contributed by atoms with Crippen molar-refractivity contribution in [3.05, 3.63) is 40.5 Å². The van der Waals surface area contributed by atoms with E-state index in [1.54, 1.807) is 12.1 Å². The van der Waals surface area contributed by atoms with Crippen molar-refractivity contribution < 1.29 is 14.0 Å². The number of thioether (sulfide) groups is 1. The molecule has 0 spiro atoms. The predicted molar refractivity (Wildman–Crippen MR) is 84.7 cm³/mol. The molecule has 1 aliphatic rings. The summed E-state index contributed by atoms with van der Waals surface area (Å²) in [5.74, 6) is 2.69. The molecule has 0 saturated heterocycles. The molecule has 4 rings (SSSR count). The second kappa shape index (κ2) is 5.89. The molecule has 1 aromatic carbocycles. The van der Waals surface area contributed by atoms with Crippen LogP contribution in [0.4, 0.5) is 5.82 Å². The number of nitrogens with two attached hydrogens (primary N) is 1. The maximum Gasteiger partial charge on any atom is 0.253 e. The minimum absolute atomic E-state index is 0.160. The van der Waals surface area contributed by atoms with Gasteiger partial charge in [-0.2, -0.15) is 4.98 Å². The number of hydrogen-bond donors (Lipinski definition) is 2. The molecule has 3 aromatic rings.